The minimum atomic E-state index is -2.05. The Bertz CT molecular complexity index is 545. The first kappa shape index (κ1) is 22.6. The minimum absolute atomic E-state index is 0.0150. The Kier molecular flexibility index (Phi) is 6.70. The molecule has 1 saturated carbocycles. The number of hydrogen-bond donors (Lipinski definition) is 1. The molecular weight excluding hydrogens is 356 g/mol. The normalized spacial score (nSPS) is 34.2. The lowest BCUT2D eigenvalue weighted by molar-refractivity contribution is -0.145. The number of esters is 1. The maximum Gasteiger partial charge on any atom is 0.312 e. The molecule has 2 aliphatic rings. The molecule has 1 N–H and O–H groups in total. The number of rotatable bonds is 6. The molecule has 0 bridgehead atoms. The second-order valence-electron chi connectivity index (χ2n) is 9.80. The van der Waals surface area contributed by atoms with Gasteiger partial charge < -0.3 is 14.3 Å². The summed E-state index contributed by atoms with van der Waals surface area (Å²) in [6.45, 7) is 15.8. The third kappa shape index (κ3) is 3.67. The Morgan fingerprint density at radius 2 is 1.63 bits per heavy atom. The molecule has 4 nitrogen and oxygen atoms in total. The van der Waals surface area contributed by atoms with Gasteiger partial charge in [0.15, 0.2) is 0 Å². The van der Waals surface area contributed by atoms with Gasteiger partial charge in [-0.25, -0.2) is 0 Å². The van der Waals surface area contributed by atoms with Crippen molar-refractivity contribution in [2.75, 3.05) is 7.11 Å². The predicted molar refractivity (Wildman–Crippen MR) is 112 cm³/mol. The molecule has 0 radical (unpaired) electrons. The van der Waals surface area contributed by atoms with Gasteiger partial charge in [0.05, 0.1) is 24.7 Å². The highest BCUT2D eigenvalue weighted by molar-refractivity contribution is 6.77. The first-order chi connectivity index (χ1) is 12.4. The Morgan fingerprint density at radius 1 is 1.07 bits per heavy atom. The van der Waals surface area contributed by atoms with E-state index in [4.69, 9.17) is 9.16 Å². The summed E-state index contributed by atoms with van der Waals surface area (Å²) in [5.41, 5.74) is 0.316. The second-order valence-corrected chi connectivity index (χ2v) is 15.2. The fraction of sp³-hybridized carbons (Fsp3) is 0.864. The van der Waals surface area contributed by atoms with Crippen LogP contribution in [0.3, 0.4) is 0 Å². The largest absolute Gasteiger partial charge is 0.469 e. The van der Waals surface area contributed by atoms with E-state index >= 15 is 0 Å². The van der Waals surface area contributed by atoms with Crippen LogP contribution in [0.15, 0.2) is 12.2 Å². The molecule has 2 aliphatic carbocycles. The zero-order chi connectivity index (χ0) is 20.6. The van der Waals surface area contributed by atoms with Crippen LogP contribution in [-0.2, 0) is 14.0 Å². The summed E-state index contributed by atoms with van der Waals surface area (Å²) in [4.78, 5) is 11.9. The van der Waals surface area contributed by atoms with Crippen molar-refractivity contribution in [1.29, 1.82) is 0 Å². The molecule has 2 rings (SSSR count). The van der Waals surface area contributed by atoms with E-state index < -0.39 is 19.3 Å². The fourth-order valence-corrected chi connectivity index (χ4v) is 11.6. The maximum absolute atomic E-state index is 11.9. The van der Waals surface area contributed by atoms with Crippen molar-refractivity contribution < 1.29 is 19.1 Å². The average Bonchev–Trinajstić information content (AvgIpc) is 2.82. The maximum atomic E-state index is 11.9. The number of methoxy groups -OCH3 is 1. The Morgan fingerprint density at radius 3 is 2.04 bits per heavy atom. The lowest BCUT2D eigenvalue weighted by Crippen LogP contribution is -2.56. The van der Waals surface area contributed by atoms with Gasteiger partial charge in [-0.2, -0.15) is 0 Å². The van der Waals surface area contributed by atoms with E-state index in [0.29, 0.717) is 23.0 Å². The highest BCUT2D eigenvalue weighted by atomic mass is 28.4. The molecule has 0 aromatic carbocycles. The van der Waals surface area contributed by atoms with Gasteiger partial charge in [0.1, 0.15) is 0 Å². The molecule has 0 heterocycles. The first-order valence-corrected chi connectivity index (χ1v) is 12.8. The highest BCUT2D eigenvalue weighted by Gasteiger charge is 2.60. The molecule has 27 heavy (non-hydrogen) atoms. The van der Waals surface area contributed by atoms with Crippen molar-refractivity contribution in [2.45, 2.75) is 102 Å². The highest BCUT2D eigenvalue weighted by Crippen LogP contribution is 2.57. The van der Waals surface area contributed by atoms with Crippen LogP contribution in [0.2, 0.25) is 16.6 Å². The van der Waals surface area contributed by atoms with Crippen LogP contribution in [0.1, 0.15) is 74.1 Å². The smallest absolute Gasteiger partial charge is 0.312 e. The van der Waals surface area contributed by atoms with Gasteiger partial charge in [-0.15, -0.1) is 0 Å². The van der Waals surface area contributed by atoms with Gasteiger partial charge in [0.2, 0.25) is 8.32 Å². The zero-order valence-corrected chi connectivity index (χ0v) is 19.5. The number of hydrogen-bond acceptors (Lipinski definition) is 4. The number of aliphatic hydroxyl groups is 1. The van der Waals surface area contributed by atoms with E-state index in [0.717, 1.165) is 19.3 Å². The van der Waals surface area contributed by atoms with E-state index in [-0.39, 0.29) is 18.0 Å². The average molecular weight is 397 g/mol. The molecular formula is C22H40O4Si. The second kappa shape index (κ2) is 8.00. The standard InChI is InChI=1S/C22H40O4Si/c1-15(2)27(16(3)4,17(5)6)26-19-11-12-21(7,24)22(19)13-9-18(10-14-22)20(23)25-8/h9,13,15-19,24H,10-12,14H2,1-8H3/t18-,19+,21+,22-/m0/s1. The van der Waals surface area contributed by atoms with Gasteiger partial charge in [-0.1, -0.05) is 53.7 Å². The first-order valence-electron chi connectivity index (χ1n) is 10.6. The van der Waals surface area contributed by atoms with E-state index in [1.807, 2.05) is 13.0 Å². The van der Waals surface area contributed by atoms with Crippen LogP contribution in [0.5, 0.6) is 0 Å². The Labute approximate surface area is 166 Å². The van der Waals surface area contributed by atoms with E-state index in [1.54, 1.807) is 0 Å². The minimum Gasteiger partial charge on any atom is -0.469 e. The SMILES string of the molecule is COC(=O)[C@H]1C=C[C@]2(CC1)[C@H](O[Si](C(C)C)(C(C)C)C(C)C)CC[C@@]2(C)O. The summed E-state index contributed by atoms with van der Waals surface area (Å²) in [7, 11) is -0.611. The molecule has 5 heteroatoms. The molecule has 0 aromatic heterocycles. The third-order valence-electron chi connectivity index (χ3n) is 7.52. The van der Waals surface area contributed by atoms with Gasteiger partial charge in [0, 0.05) is 5.41 Å². The van der Waals surface area contributed by atoms with Gasteiger partial charge >= 0.3 is 5.97 Å². The molecule has 1 fully saturated rings. The number of ether oxygens (including phenoxy) is 1. The summed E-state index contributed by atoms with van der Waals surface area (Å²) >= 11 is 0. The van der Waals surface area contributed by atoms with Crippen molar-refractivity contribution in [3.05, 3.63) is 12.2 Å². The molecule has 0 saturated heterocycles. The Hall–Kier alpha value is -0.653. The van der Waals surface area contributed by atoms with Crippen molar-refractivity contribution in [2.24, 2.45) is 11.3 Å². The van der Waals surface area contributed by atoms with Crippen LogP contribution in [0.4, 0.5) is 0 Å². The summed E-state index contributed by atoms with van der Waals surface area (Å²) in [6.07, 6.45) is 7.15. The molecule has 0 aliphatic heterocycles. The van der Waals surface area contributed by atoms with Crippen LogP contribution in [0.25, 0.3) is 0 Å². The van der Waals surface area contributed by atoms with E-state index in [9.17, 15) is 9.90 Å². The van der Waals surface area contributed by atoms with Gasteiger partial charge in [-0.3, -0.25) is 4.79 Å². The monoisotopic (exact) mass is 396 g/mol. The zero-order valence-electron chi connectivity index (χ0n) is 18.5. The Balaban J connectivity index is 2.40. The van der Waals surface area contributed by atoms with Gasteiger partial charge in [0.25, 0.3) is 0 Å². The van der Waals surface area contributed by atoms with Crippen LogP contribution in [-0.4, -0.2) is 38.2 Å². The molecule has 0 aromatic rings. The molecule has 4 atom stereocenters. The van der Waals surface area contributed by atoms with Crippen molar-refractivity contribution in [1.82, 2.24) is 0 Å². The summed E-state index contributed by atoms with van der Waals surface area (Å²) < 4.78 is 12.1. The van der Waals surface area contributed by atoms with Crippen LogP contribution >= 0.6 is 0 Å². The molecule has 156 valence electrons. The van der Waals surface area contributed by atoms with Crippen molar-refractivity contribution in [3.8, 4) is 0 Å². The lowest BCUT2D eigenvalue weighted by atomic mass is 9.66. The van der Waals surface area contributed by atoms with Crippen LogP contribution < -0.4 is 0 Å². The van der Waals surface area contributed by atoms with Crippen LogP contribution in [0, 0.1) is 11.3 Å². The molecule has 0 amide bonds. The van der Waals surface area contributed by atoms with Gasteiger partial charge in [-0.05, 0) is 49.2 Å². The van der Waals surface area contributed by atoms with Crippen molar-refractivity contribution in [3.63, 3.8) is 0 Å². The topological polar surface area (TPSA) is 55.8 Å². The predicted octanol–water partition coefficient (Wildman–Crippen LogP) is 5.22. The van der Waals surface area contributed by atoms with Crippen molar-refractivity contribution >= 4 is 14.3 Å². The van der Waals surface area contributed by atoms with E-state index in [2.05, 4.69) is 47.6 Å². The quantitative estimate of drug-likeness (QED) is 0.380. The molecule has 0 unspecified atom stereocenters. The number of carbonyl (C=O) groups is 1. The molecule has 1 spiro atoms. The summed E-state index contributed by atoms with van der Waals surface area (Å²) in [5.74, 6) is -0.397. The van der Waals surface area contributed by atoms with E-state index in [1.165, 1.54) is 7.11 Å². The summed E-state index contributed by atoms with van der Waals surface area (Å²) in [5, 5.41) is 11.3. The lowest BCUT2D eigenvalue weighted by Gasteiger charge is -2.50. The number of carbonyl (C=O) groups excluding carboxylic acids is 1. The third-order valence-corrected chi connectivity index (χ3v) is 13.6. The summed E-state index contributed by atoms with van der Waals surface area (Å²) in [6, 6.07) is 0. The fourth-order valence-electron chi connectivity index (χ4n) is 5.99.